The molecule has 1 N–H and O–H groups in total. The van der Waals surface area contributed by atoms with Gasteiger partial charge in [0.05, 0.1) is 5.69 Å². The van der Waals surface area contributed by atoms with Crippen LogP contribution in [0.1, 0.15) is 42.7 Å². The highest BCUT2D eigenvalue weighted by atomic mass is 35.5. The maximum atomic E-state index is 11.8. The molecule has 0 spiro atoms. The van der Waals surface area contributed by atoms with Gasteiger partial charge in [0.15, 0.2) is 5.13 Å². The van der Waals surface area contributed by atoms with Crippen LogP contribution in [0.2, 0.25) is 0 Å². The fourth-order valence-electron chi connectivity index (χ4n) is 2.28. The smallest absolute Gasteiger partial charge is 0.229 e. The number of thiazole rings is 1. The number of nitrogens with one attached hydrogen (secondary N) is 1. The largest absolute Gasteiger partial charge is 0.302 e. The summed E-state index contributed by atoms with van der Waals surface area (Å²) in [7, 11) is 0. The average Bonchev–Trinajstić information content (AvgIpc) is 2.56. The van der Waals surface area contributed by atoms with Crippen molar-refractivity contribution in [2.75, 3.05) is 5.32 Å². The van der Waals surface area contributed by atoms with Crippen molar-refractivity contribution < 1.29 is 4.79 Å². The molecular formula is C12H17ClN2OS. The molecule has 0 radical (unpaired) electrons. The molecule has 0 saturated heterocycles. The summed E-state index contributed by atoms with van der Waals surface area (Å²) in [5.74, 6) is 0.429. The number of halogens is 1. The first-order valence-electron chi connectivity index (χ1n) is 6.12. The fraction of sp³-hybridized carbons (Fsp3) is 0.667. The van der Waals surface area contributed by atoms with Crippen molar-refractivity contribution in [2.24, 2.45) is 5.92 Å². The maximum Gasteiger partial charge on any atom is 0.229 e. The van der Waals surface area contributed by atoms with E-state index >= 15 is 0 Å². The summed E-state index contributed by atoms with van der Waals surface area (Å²) < 4.78 is 0. The van der Waals surface area contributed by atoms with Crippen LogP contribution in [0, 0.1) is 5.92 Å². The van der Waals surface area contributed by atoms with Crippen LogP contribution in [0.4, 0.5) is 5.13 Å². The molecule has 1 aromatic rings. The summed E-state index contributed by atoms with van der Waals surface area (Å²) in [6.45, 7) is 0. The van der Waals surface area contributed by atoms with E-state index in [4.69, 9.17) is 0 Å². The minimum Gasteiger partial charge on any atom is -0.302 e. The second-order valence-electron chi connectivity index (χ2n) is 4.71. The molecule has 3 rings (SSSR count). The van der Waals surface area contributed by atoms with Gasteiger partial charge in [-0.25, -0.2) is 4.98 Å². The van der Waals surface area contributed by atoms with Gasteiger partial charge < -0.3 is 5.32 Å². The highest BCUT2D eigenvalue weighted by molar-refractivity contribution is 7.15. The third kappa shape index (κ3) is 2.63. The summed E-state index contributed by atoms with van der Waals surface area (Å²) >= 11 is 1.67. The molecule has 0 unspecified atom stereocenters. The van der Waals surface area contributed by atoms with Crippen LogP contribution in [-0.4, -0.2) is 10.9 Å². The van der Waals surface area contributed by atoms with Crippen molar-refractivity contribution in [1.29, 1.82) is 0 Å². The van der Waals surface area contributed by atoms with E-state index < -0.39 is 0 Å². The quantitative estimate of drug-likeness (QED) is 0.898. The Morgan fingerprint density at radius 1 is 1.24 bits per heavy atom. The molecule has 1 aromatic heterocycles. The molecule has 2 aliphatic carbocycles. The van der Waals surface area contributed by atoms with Crippen LogP contribution < -0.4 is 5.32 Å². The third-order valence-corrected chi connectivity index (χ3v) is 4.62. The lowest BCUT2D eigenvalue weighted by Gasteiger charge is -2.23. The molecule has 3 nitrogen and oxygen atoms in total. The molecule has 0 aliphatic heterocycles. The van der Waals surface area contributed by atoms with Crippen molar-refractivity contribution >= 4 is 34.8 Å². The number of fused-ring (bicyclic) bond motifs is 1. The topological polar surface area (TPSA) is 42.0 Å². The Bertz CT molecular complexity index is 391. The first kappa shape index (κ1) is 12.8. The van der Waals surface area contributed by atoms with E-state index in [0.717, 1.165) is 30.8 Å². The predicted octanol–water partition coefficient (Wildman–Crippen LogP) is 3.18. The minimum absolute atomic E-state index is 0. The third-order valence-electron chi connectivity index (χ3n) is 3.55. The van der Waals surface area contributed by atoms with Crippen LogP contribution >= 0.6 is 23.7 Å². The molecule has 17 heavy (non-hydrogen) atoms. The number of hydrogen-bond acceptors (Lipinski definition) is 3. The standard InChI is InChI=1S/C12H16N2OS.ClH/c15-11(8-4-3-5-8)14-12-13-9-6-1-2-7-10(9)16-12;/h8H,1-7H2,(H,13,14,15);1H. The van der Waals surface area contributed by atoms with Crippen LogP contribution in [0.25, 0.3) is 0 Å². The highest BCUT2D eigenvalue weighted by Gasteiger charge is 2.26. The lowest BCUT2D eigenvalue weighted by Crippen LogP contribution is -2.27. The molecule has 0 atom stereocenters. The Kier molecular flexibility index (Phi) is 4.05. The maximum absolute atomic E-state index is 11.8. The van der Waals surface area contributed by atoms with E-state index in [1.807, 2.05) is 0 Å². The van der Waals surface area contributed by atoms with Crippen LogP contribution in [0.3, 0.4) is 0 Å². The Morgan fingerprint density at radius 3 is 2.65 bits per heavy atom. The molecule has 94 valence electrons. The Balaban J connectivity index is 0.00000108. The van der Waals surface area contributed by atoms with Gasteiger partial charge in [0.2, 0.25) is 5.91 Å². The van der Waals surface area contributed by atoms with Crippen LogP contribution in [0.15, 0.2) is 0 Å². The van der Waals surface area contributed by atoms with Gasteiger partial charge in [-0.15, -0.1) is 23.7 Å². The van der Waals surface area contributed by atoms with Crippen molar-refractivity contribution in [3.8, 4) is 0 Å². The number of aromatic nitrogens is 1. The monoisotopic (exact) mass is 272 g/mol. The number of carbonyl (C=O) groups is 1. The number of hydrogen-bond donors (Lipinski definition) is 1. The summed E-state index contributed by atoms with van der Waals surface area (Å²) in [5, 5.41) is 3.79. The lowest BCUT2D eigenvalue weighted by atomic mass is 9.85. The van der Waals surface area contributed by atoms with Gasteiger partial charge in [-0.2, -0.15) is 0 Å². The number of carbonyl (C=O) groups excluding carboxylic acids is 1. The molecule has 1 amide bonds. The number of rotatable bonds is 2. The molecule has 1 saturated carbocycles. The van der Waals surface area contributed by atoms with E-state index in [0.29, 0.717) is 0 Å². The van der Waals surface area contributed by atoms with Crippen molar-refractivity contribution in [1.82, 2.24) is 4.98 Å². The minimum atomic E-state index is 0. The Morgan fingerprint density at radius 2 is 2.00 bits per heavy atom. The predicted molar refractivity (Wildman–Crippen MR) is 72.0 cm³/mol. The molecule has 1 fully saturated rings. The summed E-state index contributed by atoms with van der Waals surface area (Å²) in [4.78, 5) is 17.7. The Labute approximate surface area is 111 Å². The van der Waals surface area contributed by atoms with Gasteiger partial charge >= 0.3 is 0 Å². The lowest BCUT2D eigenvalue weighted by molar-refractivity contribution is -0.122. The van der Waals surface area contributed by atoms with E-state index in [1.165, 1.54) is 29.8 Å². The van der Waals surface area contributed by atoms with Crippen molar-refractivity contribution in [3.63, 3.8) is 0 Å². The summed E-state index contributed by atoms with van der Waals surface area (Å²) in [6, 6.07) is 0. The molecule has 1 heterocycles. The zero-order valence-corrected chi connectivity index (χ0v) is 11.3. The van der Waals surface area contributed by atoms with Crippen LogP contribution in [-0.2, 0) is 17.6 Å². The SMILES string of the molecule is Cl.O=C(Nc1nc2c(s1)CCCC2)C1CCC1. The van der Waals surface area contributed by atoms with E-state index in [9.17, 15) is 4.79 Å². The zero-order valence-electron chi connectivity index (χ0n) is 9.70. The van der Waals surface area contributed by atoms with Crippen molar-refractivity contribution in [3.05, 3.63) is 10.6 Å². The molecule has 5 heteroatoms. The molecular weight excluding hydrogens is 256 g/mol. The van der Waals surface area contributed by atoms with Crippen molar-refractivity contribution in [2.45, 2.75) is 44.9 Å². The van der Waals surface area contributed by atoms with E-state index in [1.54, 1.807) is 11.3 Å². The molecule has 0 aromatic carbocycles. The van der Waals surface area contributed by atoms with Gasteiger partial charge in [-0.05, 0) is 38.5 Å². The molecule has 2 aliphatic rings. The average molecular weight is 273 g/mol. The molecule has 0 bridgehead atoms. The van der Waals surface area contributed by atoms with Crippen LogP contribution in [0.5, 0.6) is 0 Å². The summed E-state index contributed by atoms with van der Waals surface area (Å²) in [6.07, 6.45) is 8.05. The normalized spacial score (nSPS) is 18.8. The number of nitrogens with zero attached hydrogens (tertiary/aromatic N) is 1. The van der Waals surface area contributed by atoms with E-state index in [-0.39, 0.29) is 24.2 Å². The van der Waals surface area contributed by atoms with Gasteiger partial charge in [0, 0.05) is 10.8 Å². The van der Waals surface area contributed by atoms with Gasteiger partial charge in [0.25, 0.3) is 0 Å². The zero-order chi connectivity index (χ0) is 11.0. The number of amides is 1. The van der Waals surface area contributed by atoms with Gasteiger partial charge in [-0.1, -0.05) is 6.42 Å². The highest BCUT2D eigenvalue weighted by Crippen LogP contribution is 2.32. The van der Waals surface area contributed by atoms with Gasteiger partial charge in [0.1, 0.15) is 0 Å². The first-order chi connectivity index (χ1) is 7.83. The van der Waals surface area contributed by atoms with Gasteiger partial charge in [-0.3, -0.25) is 4.79 Å². The number of aryl methyl sites for hydroxylation is 2. The summed E-state index contributed by atoms with van der Waals surface area (Å²) in [5.41, 5.74) is 1.22. The fourth-order valence-corrected chi connectivity index (χ4v) is 3.34. The van der Waals surface area contributed by atoms with E-state index in [2.05, 4.69) is 10.3 Å². The second-order valence-corrected chi connectivity index (χ2v) is 5.80. The Hall–Kier alpha value is -0.610. The second kappa shape index (κ2) is 5.36. The first-order valence-corrected chi connectivity index (χ1v) is 6.94. The number of anilines is 1.